The Balaban J connectivity index is 2.49. The molecule has 1 amide bonds. The SMILES string of the molecule is CC(C)[C@@H]1C(=O)N[C@@H]1C. The average Bonchev–Trinajstić information content (AvgIpc) is 1.62. The van der Waals surface area contributed by atoms with Crippen LogP contribution in [0.5, 0.6) is 0 Å². The first-order chi connectivity index (χ1) is 4.13. The lowest BCUT2D eigenvalue weighted by molar-refractivity contribution is -0.136. The van der Waals surface area contributed by atoms with Crippen molar-refractivity contribution in [1.82, 2.24) is 5.32 Å². The van der Waals surface area contributed by atoms with Gasteiger partial charge >= 0.3 is 0 Å². The lowest BCUT2D eigenvalue weighted by Crippen LogP contribution is -2.58. The van der Waals surface area contributed by atoms with E-state index in [0.29, 0.717) is 12.0 Å². The number of nitrogens with one attached hydrogen (secondary N) is 1. The molecule has 0 bridgehead atoms. The van der Waals surface area contributed by atoms with Crippen LogP contribution in [0.15, 0.2) is 0 Å². The molecule has 2 heteroatoms. The van der Waals surface area contributed by atoms with E-state index in [1.807, 2.05) is 6.92 Å². The van der Waals surface area contributed by atoms with Crippen molar-refractivity contribution in [2.75, 3.05) is 0 Å². The van der Waals surface area contributed by atoms with Crippen LogP contribution in [0.1, 0.15) is 20.8 Å². The minimum Gasteiger partial charge on any atom is -0.353 e. The normalized spacial score (nSPS) is 34.0. The second-order valence-corrected chi connectivity index (χ2v) is 3.07. The van der Waals surface area contributed by atoms with Gasteiger partial charge < -0.3 is 5.32 Å². The fourth-order valence-corrected chi connectivity index (χ4v) is 1.42. The highest BCUT2D eigenvalue weighted by atomic mass is 16.2. The van der Waals surface area contributed by atoms with Crippen LogP contribution in [0.4, 0.5) is 0 Å². The van der Waals surface area contributed by atoms with Crippen LogP contribution in [0.25, 0.3) is 0 Å². The van der Waals surface area contributed by atoms with Crippen molar-refractivity contribution in [3.63, 3.8) is 0 Å². The number of rotatable bonds is 1. The molecule has 0 spiro atoms. The van der Waals surface area contributed by atoms with E-state index in [4.69, 9.17) is 0 Å². The van der Waals surface area contributed by atoms with Crippen LogP contribution in [0.2, 0.25) is 0 Å². The standard InChI is InChI=1S/C7H13NO/c1-4(2)6-5(3)8-7(6)9/h4-6H,1-3H3,(H,8,9)/t5-,6+/m1/s1. The highest BCUT2D eigenvalue weighted by Crippen LogP contribution is 2.22. The molecule has 1 fully saturated rings. The molecule has 1 N–H and O–H groups in total. The van der Waals surface area contributed by atoms with Gasteiger partial charge in [-0.05, 0) is 12.8 Å². The van der Waals surface area contributed by atoms with E-state index in [9.17, 15) is 4.79 Å². The fourth-order valence-electron chi connectivity index (χ4n) is 1.42. The zero-order valence-electron chi connectivity index (χ0n) is 6.14. The van der Waals surface area contributed by atoms with Gasteiger partial charge in [-0.2, -0.15) is 0 Å². The second kappa shape index (κ2) is 2.01. The molecule has 1 heterocycles. The number of hydrogen-bond donors (Lipinski definition) is 1. The Morgan fingerprint density at radius 2 is 2.11 bits per heavy atom. The van der Waals surface area contributed by atoms with Gasteiger partial charge in [0.25, 0.3) is 0 Å². The van der Waals surface area contributed by atoms with E-state index < -0.39 is 0 Å². The van der Waals surface area contributed by atoms with E-state index in [1.54, 1.807) is 0 Å². The number of amides is 1. The summed E-state index contributed by atoms with van der Waals surface area (Å²) in [6, 6.07) is 0.400. The van der Waals surface area contributed by atoms with Crippen LogP contribution in [-0.4, -0.2) is 11.9 Å². The molecule has 0 aromatic heterocycles. The van der Waals surface area contributed by atoms with Crippen molar-refractivity contribution in [1.29, 1.82) is 0 Å². The quantitative estimate of drug-likeness (QED) is 0.518. The Labute approximate surface area is 55.6 Å². The third-order valence-electron chi connectivity index (χ3n) is 1.93. The average molecular weight is 127 g/mol. The predicted molar refractivity (Wildman–Crippen MR) is 35.9 cm³/mol. The molecule has 0 aromatic rings. The Morgan fingerprint density at radius 1 is 1.56 bits per heavy atom. The summed E-state index contributed by atoms with van der Waals surface area (Å²) in [6.07, 6.45) is 0. The van der Waals surface area contributed by atoms with Gasteiger partial charge in [0.15, 0.2) is 0 Å². The first-order valence-corrected chi connectivity index (χ1v) is 3.43. The summed E-state index contributed by atoms with van der Waals surface area (Å²) in [5, 5.41) is 2.80. The molecule has 0 radical (unpaired) electrons. The first kappa shape index (κ1) is 6.59. The zero-order valence-corrected chi connectivity index (χ0v) is 6.14. The van der Waals surface area contributed by atoms with Crippen molar-refractivity contribution in [2.45, 2.75) is 26.8 Å². The van der Waals surface area contributed by atoms with Gasteiger partial charge in [0.2, 0.25) is 5.91 Å². The molecule has 1 aliphatic heterocycles. The summed E-state index contributed by atoms with van der Waals surface area (Å²) >= 11 is 0. The molecule has 2 nitrogen and oxygen atoms in total. The molecule has 0 saturated carbocycles. The molecule has 0 unspecified atom stereocenters. The molecule has 1 rings (SSSR count). The number of carbonyl (C=O) groups excluding carboxylic acids is 1. The smallest absolute Gasteiger partial charge is 0.225 e. The van der Waals surface area contributed by atoms with E-state index in [1.165, 1.54) is 0 Å². The van der Waals surface area contributed by atoms with Crippen molar-refractivity contribution in [2.24, 2.45) is 11.8 Å². The lowest BCUT2D eigenvalue weighted by atomic mass is 9.82. The van der Waals surface area contributed by atoms with Gasteiger partial charge in [0, 0.05) is 6.04 Å². The Hall–Kier alpha value is -0.530. The van der Waals surface area contributed by atoms with E-state index in [0.717, 1.165) is 0 Å². The summed E-state index contributed by atoms with van der Waals surface area (Å²) < 4.78 is 0. The largest absolute Gasteiger partial charge is 0.353 e. The van der Waals surface area contributed by atoms with E-state index >= 15 is 0 Å². The summed E-state index contributed by atoms with van der Waals surface area (Å²) in [4.78, 5) is 10.8. The Bertz CT molecular complexity index is 126. The highest BCUT2D eigenvalue weighted by molar-refractivity contribution is 5.85. The number of carbonyl (C=O) groups is 1. The van der Waals surface area contributed by atoms with Gasteiger partial charge in [0.05, 0.1) is 5.92 Å². The molecule has 9 heavy (non-hydrogen) atoms. The maximum atomic E-state index is 10.8. The topological polar surface area (TPSA) is 29.1 Å². The van der Waals surface area contributed by atoms with Gasteiger partial charge in [0.1, 0.15) is 0 Å². The zero-order chi connectivity index (χ0) is 7.02. The van der Waals surface area contributed by atoms with Crippen molar-refractivity contribution >= 4 is 5.91 Å². The fraction of sp³-hybridized carbons (Fsp3) is 0.857. The molecule has 0 aromatic carbocycles. The Kier molecular flexibility index (Phi) is 1.47. The third-order valence-corrected chi connectivity index (χ3v) is 1.93. The van der Waals surface area contributed by atoms with Crippen LogP contribution in [0, 0.1) is 11.8 Å². The van der Waals surface area contributed by atoms with Gasteiger partial charge in [-0.25, -0.2) is 0 Å². The summed E-state index contributed by atoms with van der Waals surface area (Å²) in [6.45, 7) is 6.21. The van der Waals surface area contributed by atoms with Gasteiger partial charge in [-0.1, -0.05) is 13.8 Å². The minimum atomic E-state index is 0.220. The second-order valence-electron chi connectivity index (χ2n) is 3.07. The van der Waals surface area contributed by atoms with Crippen LogP contribution >= 0.6 is 0 Å². The van der Waals surface area contributed by atoms with E-state index in [2.05, 4.69) is 19.2 Å². The molecule has 2 atom stereocenters. The third kappa shape index (κ3) is 0.934. The van der Waals surface area contributed by atoms with Crippen molar-refractivity contribution in [3.05, 3.63) is 0 Å². The minimum absolute atomic E-state index is 0.220. The molecule has 0 aliphatic carbocycles. The van der Waals surface area contributed by atoms with Crippen LogP contribution in [-0.2, 0) is 4.79 Å². The molecule has 1 saturated heterocycles. The maximum absolute atomic E-state index is 10.8. The number of β-lactam (4-membered cyclic amide) rings is 1. The summed E-state index contributed by atoms with van der Waals surface area (Å²) in [7, 11) is 0. The number of hydrogen-bond acceptors (Lipinski definition) is 1. The molecular weight excluding hydrogens is 114 g/mol. The predicted octanol–water partition coefficient (Wildman–Crippen LogP) is 0.777. The molecule has 52 valence electrons. The van der Waals surface area contributed by atoms with Crippen molar-refractivity contribution < 1.29 is 4.79 Å². The summed E-state index contributed by atoms with van der Waals surface area (Å²) in [5.74, 6) is 0.983. The van der Waals surface area contributed by atoms with Gasteiger partial charge in [-0.15, -0.1) is 0 Å². The van der Waals surface area contributed by atoms with E-state index in [-0.39, 0.29) is 11.8 Å². The van der Waals surface area contributed by atoms with Crippen LogP contribution < -0.4 is 5.32 Å². The lowest BCUT2D eigenvalue weighted by Gasteiger charge is -2.36. The first-order valence-electron chi connectivity index (χ1n) is 3.43. The summed E-state index contributed by atoms with van der Waals surface area (Å²) in [5.41, 5.74) is 0. The maximum Gasteiger partial charge on any atom is 0.225 e. The highest BCUT2D eigenvalue weighted by Gasteiger charge is 2.37. The molecule has 1 aliphatic rings. The Morgan fingerprint density at radius 3 is 2.22 bits per heavy atom. The van der Waals surface area contributed by atoms with Crippen molar-refractivity contribution in [3.8, 4) is 0 Å². The molecular formula is C7H13NO. The monoisotopic (exact) mass is 127 g/mol. The van der Waals surface area contributed by atoms with Crippen LogP contribution in [0.3, 0.4) is 0 Å². The van der Waals surface area contributed by atoms with Gasteiger partial charge in [-0.3, -0.25) is 4.79 Å².